The van der Waals surface area contributed by atoms with E-state index < -0.39 is 29.7 Å². The number of hydrogen-bond acceptors (Lipinski definition) is 2. The highest BCUT2D eigenvalue weighted by Crippen LogP contribution is 2.34. The minimum atomic E-state index is -4.68. The molecule has 158 valence electrons. The number of aromatic nitrogens is 2. The Morgan fingerprint density at radius 2 is 1.61 bits per heavy atom. The molecule has 0 aliphatic carbocycles. The minimum absolute atomic E-state index is 0.183. The number of fused-ring (bicyclic) bond motifs is 1. The van der Waals surface area contributed by atoms with Crippen LogP contribution in [0.15, 0.2) is 66.7 Å². The first-order valence-corrected chi connectivity index (χ1v) is 8.90. The third kappa shape index (κ3) is 4.18. The zero-order chi connectivity index (χ0) is 22.2. The number of carbonyl (C=O) groups is 1. The number of nitrogens with one attached hydrogen (secondary N) is 2. The van der Waals surface area contributed by atoms with Gasteiger partial charge in [0.15, 0.2) is 0 Å². The summed E-state index contributed by atoms with van der Waals surface area (Å²) in [4.78, 5) is 15.7. The molecule has 2 N–H and O–H groups in total. The van der Waals surface area contributed by atoms with E-state index in [9.17, 15) is 26.7 Å². The van der Waals surface area contributed by atoms with Gasteiger partial charge >= 0.3 is 12.2 Å². The molecule has 0 atom stereocenters. The third-order valence-corrected chi connectivity index (χ3v) is 4.37. The summed E-state index contributed by atoms with van der Waals surface area (Å²) in [6.45, 7) is 0. The van der Waals surface area contributed by atoms with Crippen LogP contribution in [0, 0.1) is 11.6 Å². The van der Waals surface area contributed by atoms with Gasteiger partial charge in [-0.15, -0.1) is 0 Å². The summed E-state index contributed by atoms with van der Waals surface area (Å²) >= 11 is 0. The van der Waals surface area contributed by atoms with Crippen LogP contribution < -0.4 is 10.6 Å². The molecule has 0 unspecified atom stereocenters. The van der Waals surface area contributed by atoms with Gasteiger partial charge in [0.1, 0.15) is 11.6 Å². The van der Waals surface area contributed by atoms with Crippen molar-refractivity contribution in [1.29, 1.82) is 0 Å². The van der Waals surface area contributed by atoms with Crippen molar-refractivity contribution < 1.29 is 26.7 Å². The standard InChI is InChI=1S/C21H13F5N4O/c22-12-5-10-15(23)17(11-12)29-20(31)27-13-6-8-14(9-7-13)30-18-4-2-1-3-16(18)28-19(30)21(24,25)26/h1-11H,(H2,27,29,31). The lowest BCUT2D eigenvalue weighted by atomic mass is 10.2. The second kappa shape index (κ2) is 7.71. The molecule has 5 nitrogen and oxygen atoms in total. The zero-order valence-corrected chi connectivity index (χ0v) is 15.5. The Morgan fingerprint density at radius 1 is 0.903 bits per heavy atom. The molecule has 0 saturated carbocycles. The number of amides is 2. The van der Waals surface area contributed by atoms with Crippen molar-refractivity contribution in [3.63, 3.8) is 0 Å². The first-order chi connectivity index (χ1) is 14.7. The van der Waals surface area contributed by atoms with Gasteiger partial charge in [-0.3, -0.25) is 4.57 Å². The number of nitrogens with zero attached hydrogens (tertiary/aromatic N) is 2. The number of benzene rings is 3. The quantitative estimate of drug-likeness (QED) is 0.392. The third-order valence-electron chi connectivity index (χ3n) is 4.37. The number of para-hydroxylation sites is 2. The van der Waals surface area contributed by atoms with Crippen molar-refractivity contribution in [2.75, 3.05) is 10.6 Å². The molecule has 0 bridgehead atoms. The van der Waals surface area contributed by atoms with Crippen LogP contribution in [-0.2, 0) is 6.18 Å². The highest BCUT2D eigenvalue weighted by Gasteiger charge is 2.38. The highest BCUT2D eigenvalue weighted by atomic mass is 19.4. The SMILES string of the molecule is O=C(Nc1ccc(-n2c(C(F)(F)F)nc3ccccc32)cc1)Nc1cc(F)ccc1F. The monoisotopic (exact) mass is 432 g/mol. The van der Waals surface area contributed by atoms with Crippen LogP contribution in [0.5, 0.6) is 0 Å². The molecule has 31 heavy (non-hydrogen) atoms. The van der Waals surface area contributed by atoms with Gasteiger partial charge in [0.05, 0.1) is 16.7 Å². The van der Waals surface area contributed by atoms with Gasteiger partial charge in [0.25, 0.3) is 0 Å². The van der Waals surface area contributed by atoms with Gasteiger partial charge in [-0.2, -0.15) is 13.2 Å². The van der Waals surface area contributed by atoms with Gasteiger partial charge < -0.3 is 10.6 Å². The summed E-state index contributed by atoms with van der Waals surface area (Å²) < 4.78 is 68.3. The maximum atomic E-state index is 13.6. The average molecular weight is 432 g/mol. The largest absolute Gasteiger partial charge is 0.450 e. The molecular formula is C21H13F5N4O. The summed E-state index contributed by atoms with van der Waals surface area (Å²) in [5.74, 6) is -2.62. The van der Waals surface area contributed by atoms with E-state index >= 15 is 0 Å². The zero-order valence-electron chi connectivity index (χ0n) is 15.5. The smallest absolute Gasteiger partial charge is 0.308 e. The summed E-state index contributed by atoms with van der Waals surface area (Å²) in [5.41, 5.74) is 0.524. The average Bonchev–Trinajstić information content (AvgIpc) is 3.11. The molecule has 3 aromatic carbocycles. The molecule has 0 radical (unpaired) electrons. The number of anilines is 2. The van der Waals surface area contributed by atoms with Gasteiger partial charge in [-0.05, 0) is 48.5 Å². The number of carbonyl (C=O) groups excluding carboxylic acids is 1. The van der Waals surface area contributed by atoms with E-state index in [1.807, 2.05) is 0 Å². The molecule has 0 fully saturated rings. The molecular weight excluding hydrogens is 419 g/mol. The first-order valence-electron chi connectivity index (χ1n) is 8.90. The van der Waals surface area contributed by atoms with E-state index in [1.54, 1.807) is 12.1 Å². The van der Waals surface area contributed by atoms with E-state index in [2.05, 4.69) is 15.6 Å². The van der Waals surface area contributed by atoms with E-state index in [-0.39, 0.29) is 28.1 Å². The molecule has 4 aromatic rings. The maximum absolute atomic E-state index is 13.6. The van der Waals surface area contributed by atoms with Crippen LogP contribution in [0.1, 0.15) is 5.82 Å². The fourth-order valence-corrected chi connectivity index (χ4v) is 3.05. The molecule has 0 spiro atoms. The Kier molecular flexibility index (Phi) is 5.05. The fourth-order valence-electron chi connectivity index (χ4n) is 3.05. The van der Waals surface area contributed by atoms with Crippen LogP contribution in [0.3, 0.4) is 0 Å². The van der Waals surface area contributed by atoms with E-state index in [0.717, 1.165) is 22.8 Å². The minimum Gasteiger partial charge on any atom is -0.308 e. The molecule has 10 heteroatoms. The Balaban J connectivity index is 1.59. The Bertz CT molecular complexity index is 1270. The Morgan fingerprint density at radius 3 is 2.32 bits per heavy atom. The van der Waals surface area contributed by atoms with Crippen molar-refractivity contribution >= 4 is 28.4 Å². The molecule has 4 rings (SSSR count). The van der Waals surface area contributed by atoms with Gasteiger partial charge in [0.2, 0.25) is 5.82 Å². The van der Waals surface area contributed by atoms with Crippen LogP contribution in [0.2, 0.25) is 0 Å². The maximum Gasteiger partial charge on any atom is 0.450 e. The van der Waals surface area contributed by atoms with Crippen molar-refractivity contribution in [1.82, 2.24) is 9.55 Å². The predicted molar refractivity (Wildman–Crippen MR) is 105 cm³/mol. The van der Waals surface area contributed by atoms with Crippen molar-refractivity contribution in [2.45, 2.75) is 6.18 Å². The fraction of sp³-hybridized carbons (Fsp3) is 0.0476. The van der Waals surface area contributed by atoms with Crippen molar-refractivity contribution in [3.05, 3.63) is 84.2 Å². The molecule has 2 amide bonds. The molecule has 1 heterocycles. The lowest BCUT2D eigenvalue weighted by Crippen LogP contribution is -2.20. The number of urea groups is 1. The normalized spacial score (nSPS) is 11.5. The predicted octanol–water partition coefficient (Wildman–Crippen LogP) is 5.97. The van der Waals surface area contributed by atoms with Crippen LogP contribution in [0.4, 0.5) is 38.1 Å². The van der Waals surface area contributed by atoms with Gasteiger partial charge in [-0.1, -0.05) is 12.1 Å². The van der Waals surface area contributed by atoms with Crippen LogP contribution >= 0.6 is 0 Å². The van der Waals surface area contributed by atoms with Gasteiger partial charge in [0, 0.05) is 17.4 Å². The second-order valence-corrected chi connectivity index (χ2v) is 6.51. The Hall–Kier alpha value is -3.95. The van der Waals surface area contributed by atoms with E-state index in [0.29, 0.717) is 0 Å². The van der Waals surface area contributed by atoms with Gasteiger partial charge in [-0.25, -0.2) is 18.6 Å². The number of halogens is 5. The second-order valence-electron chi connectivity index (χ2n) is 6.51. The van der Waals surface area contributed by atoms with Crippen LogP contribution in [-0.4, -0.2) is 15.6 Å². The summed E-state index contributed by atoms with van der Waals surface area (Å²) in [6.07, 6.45) is -4.68. The molecule has 1 aromatic heterocycles. The van der Waals surface area contributed by atoms with Crippen molar-refractivity contribution in [2.24, 2.45) is 0 Å². The Labute approximate surface area is 172 Å². The summed E-state index contributed by atoms with van der Waals surface area (Å²) in [5, 5.41) is 4.57. The van der Waals surface area contributed by atoms with Crippen LogP contribution in [0.25, 0.3) is 16.7 Å². The first kappa shape index (κ1) is 20.3. The highest BCUT2D eigenvalue weighted by molar-refractivity contribution is 5.99. The summed E-state index contributed by atoms with van der Waals surface area (Å²) in [7, 11) is 0. The molecule has 0 aliphatic heterocycles. The van der Waals surface area contributed by atoms with E-state index in [4.69, 9.17) is 0 Å². The lowest BCUT2D eigenvalue weighted by molar-refractivity contribution is -0.145. The molecule has 0 saturated heterocycles. The number of rotatable bonds is 3. The number of alkyl halides is 3. The molecule has 0 aliphatic rings. The lowest BCUT2D eigenvalue weighted by Gasteiger charge is -2.13. The number of imidazole rings is 1. The van der Waals surface area contributed by atoms with Crippen molar-refractivity contribution in [3.8, 4) is 5.69 Å². The number of hydrogen-bond donors (Lipinski definition) is 2. The summed E-state index contributed by atoms with van der Waals surface area (Å²) in [6, 6.07) is 13.5. The topological polar surface area (TPSA) is 59.0 Å². The van der Waals surface area contributed by atoms with E-state index in [1.165, 1.54) is 36.4 Å².